The summed E-state index contributed by atoms with van der Waals surface area (Å²) >= 11 is 6.23. The zero-order valence-corrected chi connectivity index (χ0v) is 12.8. The van der Waals surface area contributed by atoms with Crippen LogP contribution in [0, 0.1) is 17.8 Å². The van der Waals surface area contributed by atoms with Crippen LogP contribution >= 0.6 is 11.6 Å². The lowest BCUT2D eigenvalue weighted by Crippen LogP contribution is -2.15. The van der Waals surface area contributed by atoms with Crippen LogP contribution in [0.5, 0.6) is 5.75 Å². The summed E-state index contributed by atoms with van der Waals surface area (Å²) in [4.78, 5) is 10.7. The molecule has 1 rings (SSSR count). The van der Waals surface area contributed by atoms with Gasteiger partial charge in [0.25, 0.3) is 0 Å². The third kappa shape index (κ3) is 6.52. The van der Waals surface area contributed by atoms with Gasteiger partial charge >= 0.3 is 0 Å². The number of aliphatic hydroxyl groups excluding tert-OH is 1. The van der Waals surface area contributed by atoms with Gasteiger partial charge in [0.05, 0.1) is 18.2 Å². The maximum absolute atomic E-state index is 10.7. The standard InChI is InChI=1S/C16H20ClNO3/c1-12(8-9-15(18)20)11-21-14-7-4-6-13(16(14)17)5-2-3-10-19/h4,6-7,12,19H,3,8-11H2,1H3,(H2,18,20)/t12-/m0/s1. The molecule has 0 spiro atoms. The highest BCUT2D eigenvalue weighted by atomic mass is 35.5. The Morgan fingerprint density at radius 1 is 1.52 bits per heavy atom. The second kappa shape index (κ2) is 9.28. The molecule has 0 aliphatic carbocycles. The monoisotopic (exact) mass is 309 g/mol. The van der Waals surface area contributed by atoms with Gasteiger partial charge in [0, 0.05) is 18.4 Å². The van der Waals surface area contributed by atoms with Crippen molar-refractivity contribution in [2.75, 3.05) is 13.2 Å². The zero-order chi connectivity index (χ0) is 15.7. The highest BCUT2D eigenvalue weighted by Gasteiger charge is 2.09. The van der Waals surface area contributed by atoms with Crippen molar-refractivity contribution >= 4 is 17.5 Å². The molecule has 0 aliphatic heterocycles. The number of carbonyl (C=O) groups is 1. The van der Waals surface area contributed by atoms with E-state index in [2.05, 4.69) is 11.8 Å². The van der Waals surface area contributed by atoms with Gasteiger partial charge in [-0.1, -0.05) is 36.4 Å². The van der Waals surface area contributed by atoms with E-state index < -0.39 is 0 Å². The fraction of sp³-hybridized carbons (Fsp3) is 0.438. The Labute approximate surface area is 130 Å². The summed E-state index contributed by atoms with van der Waals surface area (Å²) in [5, 5.41) is 9.17. The molecule has 3 N–H and O–H groups in total. The van der Waals surface area contributed by atoms with Crippen LogP contribution in [0.2, 0.25) is 5.02 Å². The number of rotatable bonds is 7. The topological polar surface area (TPSA) is 72.6 Å². The van der Waals surface area contributed by atoms with Gasteiger partial charge in [0.15, 0.2) is 0 Å². The van der Waals surface area contributed by atoms with Gasteiger partial charge in [-0.25, -0.2) is 0 Å². The summed E-state index contributed by atoms with van der Waals surface area (Å²) in [5.41, 5.74) is 5.79. The second-order valence-corrected chi connectivity index (χ2v) is 5.19. The van der Waals surface area contributed by atoms with Crippen LogP contribution in [-0.4, -0.2) is 24.2 Å². The Morgan fingerprint density at radius 2 is 2.29 bits per heavy atom. The summed E-state index contributed by atoms with van der Waals surface area (Å²) in [6.45, 7) is 2.47. The van der Waals surface area contributed by atoms with E-state index in [1.165, 1.54) is 0 Å². The van der Waals surface area contributed by atoms with Crippen molar-refractivity contribution in [2.45, 2.75) is 26.2 Å². The molecule has 1 aromatic rings. The van der Waals surface area contributed by atoms with Crippen molar-refractivity contribution in [2.24, 2.45) is 11.7 Å². The first-order valence-electron chi connectivity index (χ1n) is 6.84. The summed E-state index contributed by atoms with van der Waals surface area (Å²) in [6, 6.07) is 5.40. The Bertz CT molecular complexity index is 534. The molecule has 0 unspecified atom stereocenters. The van der Waals surface area contributed by atoms with E-state index in [1.54, 1.807) is 12.1 Å². The molecule has 5 heteroatoms. The molecular weight excluding hydrogens is 290 g/mol. The first-order valence-corrected chi connectivity index (χ1v) is 7.21. The minimum atomic E-state index is -0.305. The van der Waals surface area contributed by atoms with Crippen molar-refractivity contribution in [3.63, 3.8) is 0 Å². The molecule has 0 saturated heterocycles. The van der Waals surface area contributed by atoms with E-state index in [0.29, 0.717) is 42.2 Å². The molecule has 1 aromatic carbocycles. The average molecular weight is 310 g/mol. The number of amides is 1. The van der Waals surface area contributed by atoms with Crippen LogP contribution in [0.3, 0.4) is 0 Å². The quantitative estimate of drug-likeness (QED) is 0.759. The summed E-state index contributed by atoms with van der Waals surface area (Å²) in [5.74, 6) is 6.19. The molecule has 4 nitrogen and oxygen atoms in total. The van der Waals surface area contributed by atoms with Crippen molar-refractivity contribution < 1.29 is 14.6 Å². The normalized spacial score (nSPS) is 11.4. The third-order valence-electron chi connectivity index (χ3n) is 2.83. The Morgan fingerprint density at radius 3 is 2.95 bits per heavy atom. The number of ether oxygens (including phenoxy) is 1. The number of aliphatic hydroxyl groups is 1. The number of hydrogen-bond donors (Lipinski definition) is 2. The Hall–Kier alpha value is -1.70. The Kier molecular flexibility index (Phi) is 7.66. The number of carbonyl (C=O) groups excluding carboxylic acids is 1. The molecule has 0 aromatic heterocycles. The summed E-state index contributed by atoms with van der Waals surface area (Å²) in [6.07, 6.45) is 1.44. The SMILES string of the molecule is C[C@@H](CCC(N)=O)COc1cccc(C#CCCO)c1Cl. The summed E-state index contributed by atoms with van der Waals surface area (Å²) < 4.78 is 5.68. The molecule has 114 valence electrons. The molecular formula is C16H20ClNO3. The predicted molar refractivity (Wildman–Crippen MR) is 83.1 cm³/mol. The number of benzene rings is 1. The Balaban J connectivity index is 2.62. The fourth-order valence-electron chi connectivity index (χ4n) is 1.64. The maximum Gasteiger partial charge on any atom is 0.217 e. The van der Waals surface area contributed by atoms with E-state index in [4.69, 9.17) is 27.2 Å². The van der Waals surface area contributed by atoms with Crippen molar-refractivity contribution in [3.8, 4) is 17.6 Å². The van der Waals surface area contributed by atoms with Crippen LogP contribution in [-0.2, 0) is 4.79 Å². The number of hydrogen-bond acceptors (Lipinski definition) is 3. The lowest BCUT2D eigenvalue weighted by Gasteiger charge is -2.13. The van der Waals surface area contributed by atoms with Gasteiger partial charge in [-0.15, -0.1) is 0 Å². The van der Waals surface area contributed by atoms with Gasteiger partial charge < -0.3 is 15.6 Å². The molecule has 21 heavy (non-hydrogen) atoms. The summed E-state index contributed by atoms with van der Waals surface area (Å²) in [7, 11) is 0. The van der Waals surface area contributed by atoms with Crippen LogP contribution < -0.4 is 10.5 Å². The smallest absolute Gasteiger partial charge is 0.217 e. The molecule has 0 bridgehead atoms. The molecule has 1 amide bonds. The molecule has 0 fully saturated rings. The van der Waals surface area contributed by atoms with Crippen molar-refractivity contribution in [3.05, 3.63) is 28.8 Å². The van der Waals surface area contributed by atoms with Crippen LogP contribution in [0.15, 0.2) is 18.2 Å². The van der Waals surface area contributed by atoms with Gasteiger partial charge in [-0.3, -0.25) is 4.79 Å². The van der Waals surface area contributed by atoms with Gasteiger partial charge in [0.1, 0.15) is 5.75 Å². The minimum absolute atomic E-state index is 0.0260. The second-order valence-electron chi connectivity index (χ2n) is 4.81. The van der Waals surface area contributed by atoms with E-state index in [1.807, 2.05) is 13.0 Å². The zero-order valence-electron chi connectivity index (χ0n) is 12.1. The van der Waals surface area contributed by atoms with Crippen molar-refractivity contribution in [1.82, 2.24) is 0 Å². The lowest BCUT2D eigenvalue weighted by atomic mass is 10.1. The van der Waals surface area contributed by atoms with Gasteiger partial charge in [0.2, 0.25) is 5.91 Å². The van der Waals surface area contributed by atoms with Crippen LogP contribution in [0.25, 0.3) is 0 Å². The van der Waals surface area contributed by atoms with Crippen LogP contribution in [0.4, 0.5) is 0 Å². The van der Waals surface area contributed by atoms with Gasteiger partial charge in [-0.05, 0) is 24.5 Å². The molecule has 0 saturated carbocycles. The van der Waals surface area contributed by atoms with Gasteiger partial charge in [-0.2, -0.15) is 0 Å². The lowest BCUT2D eigenvalue weighted by molar-refractivity contribution is -0.118. The molecule has 1 atom stereocenters. The number of nitrogens with two attached hydrogens (primary N) is 1. The van der Waals surface area contributed by atoms with E-state index in [9.17, 15) is 4.79 Å². The molecule has 0 aliphatic rings. The highest BCUT2D eigenvalue weighted by molar-refractivity contribution is 6.33. The first kappa shape index (κ1) is 17.4. The highest BCUT2D eigenvalue weighted by Crippen LogP contribution is 2.28. The number of primary amides is 1. The molecule has 0 heterocycles. The van der Waals surface area contributed by atoms with E-state index in [0.717, 1.165) is 0 Å². The number of halogens is 1. The van der Waals surface area contributed by atoms with E-state index >= 15 is 0 Å². The first-order chi connectivity index (χ1) is 10.0. The predicted octanol–water partition coefficient (Wildman–Crippen LogP) is 2.35. The van der Waals surface area contributed by atoms with E-state index in [-0.39, 0.29) is 18.4 Å². The average Bonchev–Trinajstić information content (AvgIpc) is 2.45. The molecule has 0 radical (unpaired) electrons. The maximum atomic E-state index is 10.7. The largest absolute Gasteiger partial charge is 0.492 e. The fourth-order valence-corrected chi connectivity index (χ4v) is 1.86. The van der Waals surface area contributed by atoms with Crippen molar-refractivity contribution in [1.29, 1.82) is 0 Å². The van der Waals surface area contributed by atoms with Crippen LogP contribution in [0.1, 0.15) is 31.7 Å². The minimum Gasteiger partial charge on any atom is -0.492 e. The third-order valence-corrected chi connectivity index (χ3v) is 3.22.